The molecular weight excluding hydrogens is 224 g/mol. The predicted molar refractivity (Wildman–Crippen MR) is 64.0 cm³/mol. The topological polar surface area (TPSA) is 37.3 Å². The zero-order chi connectivity index (χ0) is 11.8. The molecule has 0 spiro atoms. The van der Waals surface area contributed by atoms with Crippen LogP contribution in [-0.2, 0) is 10.2 Å². The number of halogens is 1. The molecule has 0 saturated heterocycles. The van der Waals surface area contributed by atoms with Crippen molar-refractivity contribution in [2.24, 2.45) is 0 Å². The summed E-state index contributed by atoms with van der Waals surface area (Å²) in [6, 6.07) is 5.50. The van der Waals surface area contributed by atoms with E-state index in [4.69, 9.17) is 11.6 Å². The zero-order valence-electron chi connectivity index (χ0n) is 9.29. The maximum atomic E-state index is 11.5. The Kier molecular flexibility index (Phi) is 2.94. The molecule has 1 fully saturated rings. The average molecular weight is 239 g/mol. The van der Waals surface area contributed by atoms with Crippen LogP contribution < -0.4 is 0 Å². The maximum absolute atomic E-state index is 11.5. The van der Waals surface area contributed by atoms with Crippen LogP contribution in [0.25, 0.3) is 0 Å². The molecule has 1 N–H and O–H groups in total. The van der Waals surface area contributed by atoms with Gasteiger partial charge in [0.2, 0.25) is 0 Å². The monoisotopic (exact) mass is 238 g/mol. The summed E-state index contributed by atoms with van der Waals surface area (Å²) < 4.78 is 0. The predicted octanol–water partition coefficient (Wildman–Crippen LogP) is 3.54. The van der Waals surface area contributed by atoms with E-state index in [1.807, 2.05) is 19.1 Å². The standard InChI is InChI=1S/C13H15ClO2/c1-9-8-10(14)4-5-11(9)13(12(15)16)6-2-3-7-13/h4-5,8H,2-3,6-7H2,1H3,(H,15,16). The van der Waals surface area contributed by atoms with Crippen molar-refractivity contribution in [3.05, 3.63) is 34.3 Å². The third-order valence-electron chi connectivity index (χ3n) is 3.57. The van der Waals surface area contributed by atoms with Gasteiger partial charge >= 0.3 is 5.97 Å². The van der Waals surface area contributed by atoms with Crippen molar-refractivity contribution in [3.63, 3.8) is 0 Å². The number of benzene rings is 1. The quantitative estimate of drug-likeness (QED) is 0.856. The summed E-state index contributed by atoms with van der Waals surface area (Å²) in [5, 5.41) is 10.1. The van der Waals surface area contributed by atoms with Crippen LogP contribution in [0, 0.1) is 6.92 Å². The van der Waals surface area contributed by atoms with E-state index >= 15 is 0 Å². The first-order chi connectivity index (χ1) is 7.56. The minimum atomic E-state index is -0.699. The van der Waals surface area contributed by atoms with E-state index in [0.29, 0.717) is 5.02 Å². The van der Waals surface area contributed by atoms with Crippen LogP contribution in [0.1, 0.15) is 36.8 Å². The number of carbonyl (C=O) groups is 1. The van der Waals surface area contributed by atoms with Gasteiger partial charge in [0, 0.05) is 5.02 Å². The summed E-state index contributed by atoms with van der Waals surface area (Å²) in [6.07, 6.45) is 3.47. The second-order valence-corrected chi connectivity index (χ2v) is 4.99. The fourth-order valence-corrected chi connectivity index (χ4v) is 2.97. The van der Waals surface area contributed by atoms with Crippen LogP contribution >= 0.6 is 11.6 Å². The maximum Gasteiger partial charge on any atom is 0.314 e. The van der Waals surface area contributed by atoms with Gasteiger partial charge in [-0.2, -0.15) is 0 Å². The van der Waals surface area contributed by atoms with Gasteiger partial charge < -0.3 is 5.11 Å². The Bertz CT molecular complexity index is 420. The minimum Gasteiger partial charge on any atom is -0.481 e. The highest BCUT2D eigenvalue weighted by atomic mass is 35.5. The van der Waals surface area contributed by atoms with Gasteiger partial charge in [0.1, 0.15) is 0 Å². The second kappa shape index (κ2) is 4.10. The molecule has 16 heavy (non-hydrogen) atoms. The summed E-state index contributed by atoms with van der Waals surface area (Å²) >= 11 is 5.90. The lowest BCUT2D eigenvalue weighted by molar-refractivity contribution is -0.143. The van der Waals surface area contributed by atoms with E-state index in [1.54, 1.807) is 6.07 Å². The van der Waals surface area contributed by atoms with Gasteiger partial charge in [-0.25, -0.2) is 0 Å². The van der Waals surface area contributed by atoms with Crippen molar-refractivity contribution >= 4 is 17.6 Å². The van der Waals surface area contributed by atoms with E-state index in [9.17, 15) is 9.90 Å². The zero-order valence-corrected chi connectivity index (χ0v) is 10.0. The van der Waals surface area contributed by atoms with E-state index in [0.717, 1.165) is 36.8 Å². The molecule has 3 heteroatoms. The van der Waals surface area contributed by atoms with Gasteiger partial charge in [0.25, 0.3) is 0 Å². The van der Waals surface area contributed by atoms with Crippen molar-refractivity contribution in [3.8, 4) is 0 Å². The number of hydrogen-bond donors (Lipinski definition) is 1. The number of aliphatic carboxylic acids is 1. The fraction of sp³-hybridized carbons (Fsp3) is 0.462. The van der Waals surface area contributed by atoms with Gasteiger partial charge in [-0.15, -0.1) is 0 Å². The summed E-state index contributed by atoms with van der Waals surface area (Å²) in [5.41, 5.74) is 1.24. The number of carboxylic acids is 1. The number of carboxylic acid groups (broad SMARTS) is 1. The van der Waals surface area contributed by atoms with Gasteiger partial charge in [-0.1, -0.05) is 30.5 Å². The number of rotatable bonds is 2. The molecule has 1 saturated carbocycles. The van der Waals surface area contributed by atoms with Gasteiger partial charge in [-0.05, 0) is 43.0 Å². The molecule has 1 aromatic carbocycles. The number of hydrogen-bond acceptors (Lipinski definition) is 1. The van der Waals surface area contributed by atoms with Gasteiger partial charge in [0.15, 0.2) is 0 Å². The Morgan fingerprint density at radius 2 is 2.00 bits per heavy atom. The van der Waals surface area contributed by atoms with Crippen molar-refractivity contribution in [2.75, 3.05) is 0 Å². The molecule has 2 nitrogen and oxygen atoms in total. The average Bonchev–Trinajstić information content (AvgIpc) is 2.67. The van der Waals surface area contributed by atoms with Gasteiger partial charge in [-0.3, -0.25) is 4.79 Å². The molecule has 0 amide bonds. The molecule has 0 atom stereocenters. The van der Waals surface area contributed by atoms with E-state index in [1.165, 1.54) is 0 Å². The van der Waals surface area contributed by atoms with Crippen LogP contribution in [-0.4, -0.2) is 11.1 Å². The first kappa shape index (κ1) is 11.5. The molecule has 0 aromatic heterocycles. The smallest absolute Gasteiger partial charge is 0.314 e. The van der Waals surface area contributed by atoms with Crippen molar-refractivity contribution in [2.45, 2.75) is 38.0 Å². The highest BCUT2D eigenvalue weighted by Gasteiger charge is 2.43. The Balaban J connectivity index is 2.51. The van der Waals surface area contributed by atoms with Crippen molar-refractivity contribution in [1.82, 2.24) is 0 Å². The first-order valence-electron chi connectivity index (χ1n) is 5.56. The summed E-state index contributed by atoms with van der Waals surface area (Å²) in [4.78, 5) is 11.5. The van der Waals surface area contributed by atoms with Crippen LogP contribution in [0.3, 0.4) is 0 Å². The molecule has 0 aliphatic heterocycles. The third kappa shape index (κ3) is 1.71. The van der Waals surface area contributed by atoms with Crippen molar-refractivity contribution < 1.29 is 9.90 Å². The summed E-state index contributed by atoms with van der Waals surface area (Å²) in [6.45, 7) is 1.93. The normalized spacial score (nSPS) is 18.6. The first-order valence-corrected chi connectivity index (χ1v) is 5.94. The molecule has 2 rings (SSSR count). The molecule has 1 aliphatic carbocycles. The SMILES string of the molecule is Cc1cc(Cl)ccc1C1(C(=O)O)CCCC1. The van der Waals surface area contributed by atoms with Crippen LogP contribution in [0.5, 0.6) is 0 Å². The molecule has 1 aromatic rings. The lowest BCUT2D eigenvalue weighted by Gasteiger charge is -2.26. The van der Waals surface area contributed by atoms with Crippen LogP contribution in [0.15, 0.2) is 18.2 Å². The minimum absolute atomic E-state index is 0.666. The third-order valence-corrected chi connectivity index (χ3v) is 3.81. The molecule has 86 valence electrons. The molecule has 1 aliphatic rings. The highest BCUT2D eigenvalue weighted by molar-refractivity contribution is 6.30. The largest absolute Gasteiger partial charge is 0.481 e. The highest BCUT2D eigenvalue weighted by Crippen LogP contribution is 2.43. The van der Waals surface area contributed by atoms with Gasteiger partial charge in [0.05, 0.1) is 5.41 Å². The fourth-order valence-electron chi connectivity index (χ4n) is 2.74. The molecule has 0 bridgehead atoms. The van der Waals surface area contributed by atoms with E-state index in [2.05, 4.69) is 0 Å². The van der Waals surface area contributed by atoms with E-state index in [-0.39, 0.29) is 0 Å². The molecule has 0 radical (unpaired) electrons. The summed E-state index contributed by atoms with van der Waals surface area (Å²) in [5.74, 6) is -0.699. The number of aryl methyl sites for hydroxylation is 1. The Morgan fingerprint density at radius 1 is 1.38 bits per heavy atom. The summed E-state index contributed by atoms with van der Waals surface area (Å²) in [7, 11) is 0. The van der Waals surface area contributed by atoms with Crippen molar-refractivity contribution in [1.29, 1.82) is 0 Å². The lowest BCUT2D eigenvalue weighted by Crippen LogP contribution is -2.33. The Hall–Kier alpha value is -1.02. The van der Waals surface area contributed by atoms with E-state index < -0.39 is 11.4 Å². The van der Waals surface area contributed by atoms with Crippen LogP contribution in [0.2, 0.25) is 5.02 Å². The second-order valence-electron chi connectivity index (χ2n) is 4.55. The Morgan fingerprint density at radius 3 is 2.50 bits per heavy atom. The molecule has 0 heterocycles. The molecular formula is C13H15ClO2. The molecule has 0 unspecified atom stereocenters. The lowest BCUT2D eigenvalue weighted by atomic mass is 9.77. The van der Waals surface area contributed by atoms with Crippen LogP contribution in [0.4, 0.5) is 0 Å². The Labute approximate surface area is 100 Å².